The van der Waals surface area contributed by atoms with E-state index in [0.29, 0.717) is 23.9 Å². The second kappa shape index (κ2) is 73.8. The lowest BCUT2D eigenvalue weighted by Crippen LogP contribution is -2.44. The summed E-state index contributed by atoms with van der Waals surface area (Å²) in [7, 11) is 5.94. The Morgan fingerprint density at radius 3 is 0.914 bits per heavy atom. The number of esters is 2. The number of nitrogens with zero attached hydrogens (tertiary/aromatic N) is 1. The van der Waals surface area contributed by atoms with Crippen molar-refractivity contribution >= 4 is 17.9 Å². The Morgan fingerprint density at radius 2 is 0.613 bits per heavy atom. The van der Waals surface area contributed by atoms with E-state index < -0.39 is 24.3 Å². The molecule has 0 bridgehead atoms. The van der Waals surface area contributed by atoms with Gasteiger partial charge in [-0.2, -0.15) is 0 Å². The highest BCUT2D eigenvalue weighted by Crippen LogP contribution is 2.18. The molecule has 93 heavy (non-hydrogen) atoms. The van der Waals surface area contributed by atoms with E-state index in [1.54, 1.807) is 0 Å². The van der Waals surface area contributed by atoms with Gasteiger partial charge in [-0.15, -0.1) is 0 Å². The van der Waals surface area contributed by atoms with Crippen LogP contribution in [-0.4, -0.2) is 82.3 Å². The zero-order valence-electron chi connectivity index (χ0n) is 61.4. The fourth-order valence-corrected chi connectivity index (χ4v) is 11.1. The van der Waals surface area contributed by atoms with Crippen LogP contribution in [0.15, 0.2) is 109 Å². The minimum Gasteiger partial charge on any atom is -0.545 e. The number of carbonyl (C=O) groups excluding carboxylic acids is 3. The van der Waals surface area contributed by atoms with Gasteiger partial charge in [0.15, 0.2) is 12.4 Å². The zero-order chi connectivity index (χ0) is 67.5. The first-order valence-electron chi connectivity index (χ1n) is 39.0. The third-order valence-corrected chi connectivity index (χ3v) is 17.0. The number of carbonyl (C=O) groups is 3. The molecule has 0 radical (unpaired) electrons. The van der Waals surface area contributed by atoms with Crippen molar-refractivity contribution in [1.82, 2.24) is 0 Å². The highest BCUT2D eigenvalue weighted by molar-refractivity contribution is 5.70. The number of allylic oxidation sites excluding steroid dienone is 18. The molecule has 0 amide bonds. The first-order valence-corrected chi connectivity index (χ1v) is 39.0. The number of unbranched alkanes of at least 4 members (excludes halogenated alkanes) is 39. The van der Waals surface area contributed by atoms with Gasteiger partial charge in [0.2, 0.25) is 0 Å². The summed E-state index contributed by atoms with van der Waals surface area (Å²) in [6, 6.07) is 0. The molecule has 0 aromatic carbocycles. The van der Waals surface area contributed by atoms with Crippen LogP contribution < -0.4 is 5.11 Å². The van der Waals surface area contributed by atoms with Crippen molar-refractivity contribution in [2.24, 2.45) is 0 Å². The summed E-state index contributed by atoms with van der Waals surface area (Å²) >= 11 is 0. The third kappa shape index (κ3) is 75.2. The van der Waals surface area contributed by atoms with Crippen molar-refractivity contribution in [3.8, 4) is 0 Å². The van der Waals surface area contributed by atoms with Crippen LogP contribution in [0.25, 0.3) is 0 Å². The van der Waals surface area contributed by atoms with Gasteiger partial charge < -0.3 is 33.3 Å². The maximum absolute atomic E-state index is 13.0. The molecule has 0 rings (SSSR count). The number of carboxylic acids is 1. The van der Waals surface area contributed by atoms with Crippen molar-refractivity contribution in [3.05, 3.63) is 109 Å². The molecule has 0 aliphatic heterocycles. The Balaban J connectivity index is 4.05. The van der Waals surface area contributed by atoms with Gasteiger partial charge in [-0.25, -0.2) is 0 Å². The molecule has 0 saturated carbocycles. The van der Waals surface area contributed by atoms with Crippen LogP contribution in [0.5, 0.6) is 0 Å². The fraction of sp³-hybridized carbons (Fsp3) is 0.750. The number of ether oxygens (including phenoxy) is 4. The van der Waals surface area contributed by atoms with E-state index in [1.165, 1.54) is 218 Å². The number of hydrogen-bond donors (Lipinski definition) is 0. The molecule has 0 aliphatic rings. The highest BCUT2D eigenvalue weighted by Gasteiger charge is 2.22. The maximum Gasteiger partial charge on any atom is 0.306 e. The van der Waals surface area contributed by atoms with E-state index in [9.17, 15) is 19.5 Å². The summed E-state index contributed by atoms with van der Waals surface area (Å²) in [6.45, 7) is 4.66. The van der Waals surface area contributed by atoms with Crippen LogP contribution in [0.1, 0.15) is 348 Å². The van der Waals surface area contributed by atoms with Crippen LogP contribution in [0, 0.1) is 0 Å². The summed E-state index contributed by atoms with van der Waals surface area (Å²) in [5, 5.41) is 11.9. The van der Waals surface area contributed by atoms with Crippen LogP contribution in [0.3, 0.4) is 0 Å². The van der Waals surface area contributed by atoms with Crippen molar-refractivity contribution in [1.29, 1.82) is 0 Å². The summed E-state index contributed by atoms with van der Waals surface area (Å²) in [6.07, 6.45) is 101. The minimum atomic E-state index is -1.63. The molecule has 0 aliphatic carbocycles. The van der Waals surface area contributed by atoms with Crippen LogP contribution in [0.2, 0.25) is 0 Å². The largest absolute Gasteiger partial charge is 0.545 e. The molecule has 0 heterocycles. The Bertz CT molecular complexity index is 1900. The second-order valence-corrected chi connectivity index (χ2v) is 27.3. The monoisotopic (exact) mass is 1300 g/mol. The van der Waals surface area contributed by atoms with Crippen LogP contribution in [0.4, 0.5) is 0 Å². The van der Waals surface area contributed by atoms with Crippen LogP contribution >= 0.6 is 0 Å². The van der Waals surface area contributed by atoms with Gasteiger partial charge in [0.1, 0.15) is 13.2 Å². The second-order valence-electron chi connectivity index (χ2n) is 27.3. The lowest BCUT2D eigenvalue weighted by atomic mass is 10.0. The first kappa shape index (κ1) is 89.0. The lowest BCUT2D eigenvalue weighted by Gasteiger charge is -2.26. The first-order chi connectivity index (χ1) is 45.6. The van der Waals surface area contributed by atoms with Crippen molar-refractivity contribution < 1.29 is 42.9 Å². The van der Waals surface area contributed by atoms with E-state index >= 15 is 0 Å². The molecule has 0 aromatic rings. The third-order valence-electron chi connectivity index (χ3n) is 17.0. The Morgan fingerprint density at radius 1 is 0.333 bits per heavy atom. The standard InChI is InChI=1S/C84H147NO8/c1-6-8-10-12-14-16-18-20-22-24-26-28-30-32-34-36-38-40-41-43-44-46-48-50-52-54-56-58-60-62-64-66-68-70-72-74-81(86)91-78-80(79-92-84(83(88)89)90-77-76-85(3,4)5)93-82(87)75-73-71-69-67-65-63-61-59-57-55-53-51-49-47-45-42-39-37-35-33-31-29-27-25-23-21-19-17-15-13-11-9-7-2/h9,11,15,17-18,20-21,23-24,26-27,29,33,35,39,42,47,49,80,84H,6-8,10,12-14,16,19,22,25,28,30-32,34,36-38,40-41,43-46,48,50-79H2,1-5H3/b11-9-,17-15-,20-18-,23-21-,26-24-,29-27-,35-33-,42-39-,49-47-. The van der Waals surface area contributed by atoms with Gasteiger partial charge in [-0.3, -0.25) is 9.59 Å². The summed E-state index contributed by atoms with van der Waals surface area (Å²) in [5.41, 5.74) is 0. The number of aliphatic carboxylic acids is 1. The predicted octanol–water partition coefficient (Wildman–Crippen LogP) is 23.6. The van der Waals surface area contributed by atoms with Gasteiger partial charge in [-0.1, -0.05) is 342 Å². The summed E-state index contributed by atoms with van der Waals surface area (Å²) < 4.78 is 22.9. The van der Waals surface area contributed by atoms with Crippen molar-refractivity contribution in [2.45, 2.75) is 360 Å². The molecule has 536 valence electrons. The molecule has 0 spiro atoms. The maximum atomic E-state index is 13.0. The topological polar surface area (TPSA) is 111 Å². The van der Waals surface area contributed by atoms with Crippen molar-refractivity contribution in [2.75, 3.05) is 47.5 Å². The average Bonchev–Trinajstić information content (AvgIpc) is 3.74. The van der Waals surface area contributed by atoms with Crippen LogP contribution in [-0.2, 0) is 33.3 Å². The Kier molecular flexibility index (Phi) is 70.5. The molecule has 9 nitrogen and oxygen atoms in total. The quantitative estimate of drug-likeness (QED) is 0.0195. The molecule has 0 fully saturated rings. The summed E-state index contributed by atoms with van der Waals surface area (Å²) in [5.74, 6) is -2.27. The fourth-order valence-electron chi connectivity index (χ4n) is 11.1. The molecule has 2 unspecified atom stereocenters. The lowest BCUT2D eigenvalue weighted by molar-refractivity contribution is -0.870. The van der Waals surface area contributed by atoms with E-state index in [0.717, 1.165) is 96.3 Å². The number of rotatable bonds is 72. The molecule has 0 saturated heterocycles. The summed E-state index contributed by atoms with van der Waals surface area (Å²) in [4.78, 5) is 37.6. The van der Waals surface area contributed by atoms with E-state index in [2.05, 4.69) is 123 Å². The van der Waals surface area contributed by atoms with E-state index in [4.69, 9.17) is 18.9 Å². The Labute approximate surface area is 575 Å². The SMILES string of the molecule is CC/C=C\C/C=C\C/C=C\C/C=C\C/C=C\C/C=C\C/C=C\CCCCCCCCCCCCCC(=O)OC(COC(=O)CCCCCCCCCCCCCCCCCCCCCCCCC/C=C\C/C=C\CCCCCCC)COC(OCC[N+](C)(C)C)C(=O)[O-]. The Hall–Kier alpha value is -4.05. The normalized spacial score (nSPS) is 13.3. The molecular weight excluding hydrogens is 1150 g/mol. The average molecular weight is 1300 g/mol. The predicted molar refractivity (Wildman–Crippen MR) is 398 cm³/mol. The van der Waals surface area contributed by atoms with Gasteiger partial charge in [0.05, 0.1) is 40.3 Å². The molecule has 0 aromatic heterocycles. The van der Waals surface area contributed by atoms with E-state index in [1.807, 2.05) is 21.1 Å². The highest BCUT2D eigenvalue weighted by atomic mass is 16.7. The zero-order valence-corrected chi connectivity index (χ0v) is 61.4. The molecule has 0 N–H and O–H groups in total. The molecule has 9 heteroatoms. The number of hydrogen-bond acceptors (Lipinski definition) is 8. The van der Waals surface area contributed by atoms with Crippen molar-refractivity contribution in [3.63, 3.8) is 0 Å². The minimum absolute atomic E-state index is 0.144. The van der Waals surface area contributed by atoms with E-state index in [-0.39, 0.29) is 32.2 Å². The van der Waals surface area contributed by atoms with Gasteiger partial charge in [0, 0.05) is 12.8 Å². The number of quaternary nitrogens is 1. The molecular formula is C84H147NO8. The smallest absolute Gasteiger partial charge is 0.306 e. The van der Waals surface area contributed by atoms with Gasteiger partial charge >= 0.3 is 11.9 Å². The number of likely N-dealkylation sites (N-methyl/N-ethyl adjacent to an activating group) is 1. The van der Waals surface area contributed by atoms with Gasteiger partial charge in [0.25, 0.3) is 0 Å². The van der Waals surface area contributed by atoms with Gasteiger partial charge in [-0.05, 0) is 103 Å². The molecule has 2 atom stereocenters. The number of carboxylic acid groups (broad SMARTS) is 1.